The SMILES string of the molecule is CCCCC/C=C\C/C=C\CCCCCCCCCC(=O)NC(COC1OC(CO)C(OC2OC(CO)C(O)C(OC3(C(=O)O)CC(O)C(NC(C)=O)C(C(O)C(O)CO)O3)C2O)C(O)C1O)C(O)CCCCCCCCCCCCC. The molecule has 3 aliphatic rings. The topological polar surface area (TPSA) is 373 Å². The quantitative estimate of drug-likeness (QED) is 0.0308. The fraction of sp³-hybridized carbons (Fsp3) is 0.881. The van der Waals surface area contributed by atoms with Gasteiger partial charge in [-0.15, -0.1) is 0 Å². The van der Waals surface area contributed by atoms with E-state index in [-0.39, 0.29) is 18.9 Å². The highest BCUT2D eigenvalue weighted by molar-refractivity contribution is 5.77. The van der Waals surface area contributed by atoms with E-state index in [0.29, 0.717) is 19.3 Å². The zero-order valence-electron chi connectivity index (χ0n) is 49.1. The molecule has 0 radical (unpaired) electrons. The number of hydrogen-bond acceptors (Lipinski definition) is 20. The van der Waals surface area contributed by atoms with Gasteiger partial charge in [-0.05, 0) is 44.9 Å². The molecule has 0 aliphatic carbocycles. The number of carboxylic acids is 1. The maximum Gasteiger partial charge on any atom is 0.364 e. The van der Waals surface area contributed by atoms with E-state index in [1.165, 1.54) is 57.8 Å². The van der Waals surface area contributed by atoms with Crippen LogP contribution in [0.15, 0.2) is 24.3 Å². The van der Waals surface area contributed by atoms with Gasteiger partial charge in [-0.25, -0.2) is 4.79 Å². The summed E-state index contributed by atoms with van der Waals surface area (Å²) in [5.41, 5.74) is 0. The summed E-state index contributed by atoms with van der Waals surface area (Å²) in [6.45, 7) is 2.11. The minimum absolute atomic E-state index is 0.214. The predicted octanol–water partition coefficient (Wildman–Crippen LogP) is 2.94. The van der Waals surface area contributed by atoms with E-state index in [9.17, 15) is 75.7 Å². The Labute approximate surface area is 485 Å². The molecule has 0 spiro atoms. The third-order valence-corrected chi connectivity index (χ3v) is 15.7. The van der Waals surface area contributed by atoms with Crippen molar-refractivity contribution in [2.75, 3.05) is 26.4 Å². The summed E-state index contributed by atoms with van der Waals surface area (Å²) in [6, 6.07) is -2.53. The van der Waals surface area contributed by atoms with Crippen LogP contribution in [0.1, 0.15) is 194 Å². The number of unbranched alkanes of at least 4 members (excludes halogenated alkanes) is 20. The summed E-state index contributed by atoms with van der Waals surface area (Å²) in [4.78, 5) is 38.4. The zero-order chi connectivity index (χ0) is 60.5. The Bertz CT molecular complexity index is 1780. The number of aliphatic hydroxyl groups is 11. The lowest BCUT2D eigenvalue weighted by molar-refractivity contribution is -0.386. The summed E-state index contributed by atoms with van der Waals surface area (Å²) >= 11 is 0. The van der Waals surface area contributed by atoms with Gasteiger partial charge in [-0.1, -0.05) is 154 Å². The van der Waals surface area contributed by atoms with Crippen LogP contribution in [0.3, 0.4) is 0 Å². The van der Waals surface area contributed by atoms with Crippen LogP contribution in [0.5, 0.6) is 0 Å². The highest BCUT2D eigenvalue weighted by atomic mass is 16.8. The van der Waals surface area contributed by atoms with Gasteiger partial charge >= 0.3 is 5.97 Å². The first-order valence-electron chi connectivity index (χ1n) is 30.7. The number of carboxylic acid groups (broad SMARTS) is 1. The first-order valence-corrected chi connectivity index (χ1v) is 30.7. The molecule has 2 amide bonds. The Kier molecular flexibility index (Phi) is 37.0. The van der Waals surface area contributed by atoms with Crippen molar-refractivity contribution < 1.29 is 104 Å². The van der Waals surface area contributed by atoms with E-state index >= 15 is 0 Å². The Morgan fingerprint density at radius 3 is 1.73 bits per heavy atom. The molecule has 0 bridgehead atoms. The molecule has 3 fully saturated rings. The molecule has 18 atom stereocenters. The molecule has 3 aliphatic heterocycles. The van der Waals surface area contributed by atoms with Gasteiger partial charge in [0.2, 0.25) is 11.8 Å². The van der Waals surface area contributed by atoms with E-state index in [1.54, 1.807) is 0 Å². The fourth-order valence-corrected chi connectivity index (χ4v) is 10.7. The van der Waals surface area contributed by atoms with E-state index in [4.69, 9.17) is 28.4 Å². The number of carbonyl (C=O) groups excluding carboxylic acids is 2. The van der Waals surface area contributed by atoms with Crippen molar-refractivity contribution in [2.24, 2.45) is 0 Å². The number of hydrogen-bond donors (Lipinski definition) is 14. The standard InChI is InChI=1S/C59H106N2O21/c1-4-6-8-10-12-14-16-17-18-19-20-21-23-25-27-29-31-33-46(69)61-40(41(66)32-30-28-26-24-22-15-13-11-9-7-5-2)38-77-56-51(73)50(72)53(45(37-64)79-56)80-57-52(74)55(49(71)44(36-63)78-57)82-59(58(75)76)34-42(67)47(60-39(3)65)54(81-59)48(70)43(68)35-62/h12,14,17-18,40-45,47-57,62-64,66-68,70-74H,4-11,13,15-16,19-38H2,1-3H3,(H,60,65)(H,61,69)(H,75,76)/b14-12-,18-17-. The molecule has 478 valence electrons. The van der Waals surface area contributed by atoms with Gasteiger partial charge in [-0.3, -0.25) is 9.59 Å². The van der Waals surface area contributed by atoms with Gasteiger partial charge in [0.05, 0.1) is 50.7 Å². The summed E-state index contributed by atoms with van der Waals surface area (Å²) in [6.07, 6.45) is 6.36. The fourth-order valence-electron chi connectivity index (χ4n) is 10.7. The molecule has 0 saturated carbocycles. The Hall–Kier alpha value is -2.79. The van der Waals surface area contributed by atoms with Crippen LogP contribution in [-0.2, 0) is 42.8 Å². The summed E-state index contributed by atoms with van der Waals surface area (Å²) in [7, 11) is 0. The van der Waals surface area contributed by atoms with Gasteiger partial charge < -0.3 is 100 Å². The third-order valence-electron chi connectivity index (χ3n) is 15.7. The monoisotopic (exact) mass is 1180 g/mol. The molecule has 3 saturated heterocycles. The van der Waals surface area contributed by atoms with E-state index in [0.717, 1.165) is 90.4 Å². The van der Waals surface area contributed by atoms with Crippen LogP contribution in [0.25, 0.3) is 0 Å². The maximum atomic E-state index is 13.4. The average molecular weight is 1180 g/mol. The number of nitrogens with one attached hydrogen (secondary N) is 2. The summed E-state index contributed by atoms with van der Waals surface area (Å²) in [5.74, 6) is -6.12. The van der Waals surface area contributed by atoms with Crippen LogP contribution in [-0.4, -0.2) is 215 Å². The largest absolute Gasteiger partial charge is 0.477 e. The van der Waals surface area contributed by atoms with Crippen molar-refractivity contribution in [1.29, 1.82) is 0 Å². The summed E-state index contributed by atoms with van der Waals surface area (Å²) in [5, 5.41) is 136. The van der Waals surface area contributed by atoms with Crippen molar-refractivity contribution in [3.63, 3.8) is 0 Å². The summed E-state index contributed by atoms with van der Waals surface area (Å²) < 4.78 is 34.7. The van der Waals surface area contributed by atoms with Gasteiger partial charge in [0.25, 0.3) is 5.79 Å². The first kappa shape index (κ1) is 73.5. The molecule has 82 heavy (non-hydrogen) atoms. The normalized spacial score (nSPS) is 30.3. The van der Waals surface area contributed by atoms with Crippen LogP contribution in [0, 0.1) is 0 Å². The molecule has 23 nitrogen and oxygen atoms in total. The number of carbonyl (C=O) groups is 3. The number of allylic oxidation sites excluding steroid dienone is 4. The molecule has 0 aromatic rings. The number of amides is 2. The molecule has 0 aromatic carbocycles. The van der Waals surface area contributed by atoms with E-state index in [1.807, 2.05) is 0 Å². The van der Waals surface area contributed by atoms with Crippen molar-refractivity contribution in [3.8, 4) is 0 Å². The highest BCUT2D eigenvalue weighted by Gasteiger charge is 2.60. The molecule has 18 unspecified atom stereocenters. The maximum absolute atomic E-state index is 13.4. The number of ether oxygens (including phenoxy) is 6. The predicted molar refractivity (Wildman–Crippen MR) is 301 cm³/mol. The average Bonchev–Trinajstić information content (AvgIpc) is 3.45. The minimum atomic E-state index is -3.08. The van der Waals surface area contributed by atoms with Crippen LogP contribution in [0.4, 0.5) is 0 Å². The van der Waals surface area contributed by atoms with Crippen LogP contribution >= 0.6 is 0 Å². The molecular formula is C59H106N2O21. The van der Waals surface area contributed by atoms with E-state index < -0.39 is 148 Å². The van der Waals surface area contributed by atoms with Crippen molar-refractivity contribution in [1.82, 2.24) is 10.6 Å². The van der Waals surface area contributed by atoms with Crippen molar-refractivity contribution in [3.05, 3.63) is 24.3 Å². The number of rotatable bonds is 44. The first-order chi connectivity index (χ1) is 39.4. The number of aliphatic carboxylic acids is 1. The van der Waals surface area contributed by atoms with Crippen LogP contribution in [0.2, 0.25) is 0 Å². The van der Waals surface area contributed by atoms with E-state index in [2.05, 4.69) is 48.8 Å². The van der Waals surface area contributed by atoms with Crippen molar-refractivity contribution in [2.45, 2.75) is 304 Å². The highest BCUT2D eigenvalue weighted by Crippen LogP contribution is 2.38. The Morgan fingerprint density at radius 2 is 1.17 bits per heavy atom. The molecular weight excluding hydrogens is 1070 g/mol. The molecule has 3 rings (SSSR count). The molecule has 0 aromatic heterocycles. The lowest BCUT2D eigenvalue weighted by Gasteiger charge is -2.50. The second-order valence-corrected chi connectivity index (χ2v) is 22.6. The lowest BCUT2D eigenvalue weighted by atomic mass is 9.88. The van der Waals surface area contributed by atoms with Gasteiger partial charge in [0.1, 0.15) is 67.1 Å². The molecule has 3 heterocycles. The van der Waals surface area contributed by atoms with Gasteiger partial charge in [-0.2, -0.15) is 0 Å². The second-order valence-electron chi connectivity index (χ2n) is 22.6. The van der Waals surface area contributed by atoms with Crippen LogP contribution < -0.4 is 10.6 Å². The lowest BCUT2D eigenvalue weighted by Crippen LogP contribution is -2.70. The third kappa shape index (κ3) is 25.3. The van der Waals surface area contributed by atoms with Crippen molar-refractivity contribution >= 4 is 17.8 Å². The number of aliphatic hydroxyl groups excluding tert-OH is 11. The minimum Gasteiger partial charge on any atom is -0.477 e. The second kappa shape index (κ2) is 41.3. The van der Waals surface area contributed by atoms with Gasteiger partial charge in [0, 0.05) is 19.8 Å². The van der Waals surface area contributed by atoms with Gasteiger partial charge in [0.15, 0.2) is 12.6 Å². The zero-order valence-corrected chi connectivity index (χ0v) is 49.1. The molecule has 23 heteroatoms. The Balaban J connectivity index is 1.65. The molecule has 14 N–H and O–H groups in total. The Morgan fingerprint density at radius 1 is 0.634 bits per heavy atom. The smallest absolute Gasteiger partial charge is 0.364 e.